The standard InChI is InChI=1S/C20H23FN2O3/c1-14-9-15(7-8-17(14)21)10-22-20(24)12-23(2)11-16-13-25-18-5-3-4-6-19(18)26-16/h3-9,16H,10-13H2,1-2H3,(H,22,24). The van der Waals surface area contributed by atoms with Crippen LogP contribution in [0.4, 0.5) is 4.39 Å². The third kappa shape index (κ3) is 4.73. The van der Waals surface area contributed by atoms with Crippen molar-refractivity contribution in [3.63, 3.8) is 0 Å². The van der Waals surface area contributed by atoms with E-state index in [2.05, 4.69) is 5.32 Å². The topological polar surface area (TPSA) is 50.8 Å². The molecule has 1 atom stereocenters. The Hall–Kier alpha value is -2.60. The number of carbonyl (C=O) groups is 1. The molecule has 1 aliphatic rings. The van der Waals surface area contributed by atoms with Crippen LogP contribution in [0.15, 0.2) is 42.5 Å². The van der Waals surface area contributed by atoms with Crippen molar-refractivity contribution in [2.75, 3.05) is 26.7 Å². The summed E-state index contributed by atoms with van der Waals surface area (Å²) in [5, 5.41) is 2.85. The number of nitrogens with one attached hydrogen (secondary N) is 1. The predicted octanol–water partition coefficient (Wildman–Crippen LogP) is 2.52. The number of hydrogen-bond donors (Lipinski definition) is 1. The SMILES string of the molecule is Cc1cc(CNC(=O)CN(C)CC2COc3ccccc3O2)ccc1F. The van der Waals surface area contributed by atoms with Crippen LogP contribution in [0.25, 0.3) is 0 Å². The van der Waals surface area contributed by atoms with Gasteiger partial charge in [-0.1, -0.05) is 24.3 Å². The quantitative estimate of drug-likeness (QED) is 0.862. The van der Waals surface area contributed by atoms with Gasteiger partial charge >= 0.3 is 0 Å². The number of halogens is 1. The Labute approximate surface area is 152 Å². The molecule has 1 amide bonds. The normalized spacial score (nSPS) is 15.8. The van der Waals surface area contributed by atoms with Gasteiger partial charge in [0.25, 0.3) is 0 Å². The number of para-hydroxylation sites is 2. The van der Waals surface area contributed by atoms with Gasteiger partial charge in [-0.25, -0.2) is 4.39 Å². The van der Waals surface area contributed by atoms with E-state index in [1.807, 2.05) is 36.2 Å². The summed E-state index contributed by atoms with van der Waals surface area (Å²) in [6.07, 6.45) is -0.123. The number of carbonyl (C=O) groups excluding carboxylic acids is 1. The first-order valence-corrected chi connectivity index (χ1v) is 8.60. The van der Waals surface area contributed by atoms with E-state index in [0.29, 0.717) is 25.3 Å². The largest absolute Gasteiger partial charge is 0.486 e. The smallest absolute Gasteiger partial charge is 0.234 e. The number of rotatable bonds is 6. The molecular weight excluding hydrogens is 335 g/mol. The lowest BCUT2D eigenvalue weighted by molar-refractivity contribution is -0.122. The number of likely N-dealkylation sites (N-methyl/N-ethyl adjacent to an activating group) is 1. The molecule has 6 heteroatoms. The minimum Gasteiger partial charge on any atom is -0.486 e. The Morgan fingerprint density at radius 1 is 1.27 bits per heavy atom. The number of aryl methyl sites for hydroxylation is 1. The van der Waals surface area contributed by atoms with E-state index >= 15 is 0 Å². The zero-order chi connectivity index (χ0) is 18.5. The van der Waals surface area contributed by atoms with Gasteiger partial charge in [0.1, 0.15) is 18.5 Å². The lowest BCUT2D eigenvalue weighted by atomic mass is 10.1. The summed E-state index contributed by atoms with van der Waals surface area (Å²) >= 11 is 0. The molecule has 0 saturated carbocycles. The Morgan fingerprint density at radius 2 is 2.04 bits per heavy atom. The predicted molar refractivity (Wildman–Crippen MR) is 96.8 cm³/mol. The van der Waals surface area contributed by atoms with Gasteiger partial charge in [0.05, 0.1) is 6.54 Å². The molecule has 0 fully saturated rings. The lowest BCUT2D eigenvalue weighted by Crippen LogP contribution is -2.43. The van der Waals surface area contributed by atoms with E-state index < -0.39 is 0 Å². The Morgan fingerprint density at radius 3 is 2.81 bits per heavy atom. The first-order valence-electron chi connectivity index (χ1n) is 8.60. The zero-order valence-electron chi connectivity index (χ0n) is 15.0. The molecule has 1 aliphatic heterocycles. The van der Waals surface area contributed by atoms with Crippen LogP contribution in [0.1, 0.15) is 11.1 Å². The number of ether oxygens (including phenoxy) is 2. The number of fused-ring (bicyclic) bond motifs is 1. The highest BCUT2D eigenvalue weighted by Gasteiger charge is 2.22. The fourth-order valence-electron chi connectivity index (χ4n) is 2.88. The second-order valence-corrected chi connectivity index (χ2v) is 6.55. The average molecular weight is 358 g/mol. The molecule has 1 N–H and O–H groups in total. The van der Waals surface area contributed by atoms with Crippen molar-refractivity contribution < 1.29 is 18.7 Å². The van der Waals surface area contributed by atoms with Crippen molar-refractivity contribution >= 4 is 5.91 Å². The van der Waals surface area contributed by atoms with Crippen LogP contribution < -0.4 is 14.8 Å². The highest BCUT2D eigenvalue weighted by Crippen LogP contribution is 2.30. The number of hydrogen-bond acceptors (Lipinski definition) is 4. The molecule has 26 heavy (non-hydrogen) atoms. The summed E-state index contributed by atoms with van der Waals surface area (Å²) in [5.74, 6) is 1.15. The van der Waals surface area contributed by atoms with Crippen molar-refractivity contribution in [1.29, 1.82) is 0 Å². The Bertz CT molecular complexity index is 781. The summed E-state index contributed by atoms with van der Waals surface area (Å²) < 4.78 is 24.9. The summed E-state index contributed by atoms with van der Waals surface area (Å²) in [6, 6.07) is 12.4. The van der Waals surface area contributed by atoms with E-state index in [4.69, 9.17) is 9.47 Å². The van der Waals surface area contributed by atoms with Crippen molar-refractivity contribution in [2.45, 2.75) is 19.6 Å². The van der Waals surface area contributed by atoms with E-state index in [-0.39, 0.29) is 24.4 Å². The minimum atomic E-state index is -0.240. The fourth-order valence-corrected chi connectivity index (χ4v) is 2.88. The average Bonchev–Trinajstić information content (AvgIpc) is 2.62. The summed E-state index contributed by atoms with van der Waals surface area (Å²) in [7, 11) is 1.87. The van der Waals surface area contributed by atoms with Crippen molar-refractivity contribution in [1.82, 2.24) is 10.2 Å². The maximum Gasteiger partial charge on any atom is 0.234 e. The van der Waals surface area contributed by atoms with Crippen LogP contribution in [-0.2, 0) is 11.3 Å². The van der Waals surface area contributed by atoms with Crippen molar-refractivity contribution in [3.8, 4) is 11.5 Å². The molecule has 1 unspecified atom stereocenters. The van der Waals surface area contributed by atoms with E-state index in [1.165, 1.54) is 6.07 Å². The van der Waals surface area contributed by atoms with Gasteiger partial charge in [-0.3, -0.25) is 9.69 Å². The van der Waals surface area contributed by atoms with Crippen LogP contribution >= 0.6 is 0 Å². The molecule has 0 aliphatic carbocycles. The molecule has 1 heterocycles. The molecule has 5 nitrogen and oxygen atoms in total. The van der Waals surface area contributed by atoms with Gasteiger partial charge in [0, 0.05) is 13.1 Å². The Balaban J connectivity index is 1.44. The van der Waals surface area contributed by atoms with Gasteiger partial charge in [-0.2, -0.15) is 0 Å². The highest BCUT2D eigenvalue weighted by atomic mass is 19.1. The number of nitrogens with zero attached hydrogens (tertiary/aromatic N) is 1. The van der Waals surface area contributed by atoms with Crippen molar-refractivity contribution in [3.05, 3.63) is 59.4 Å². The van der Waals surface area contributed by atoms with Crippen LogP contribution in [0.2, 0.25) is 0 Å². The molecular formula is C20H23FN2O3. The van der Waals surface area contributed by atoms with Gasteiger partial charge in [-0.15, -0.1) is 0 Å². The van der Waals surface area contributed by atoms with Crippen LogP contribution in [0, 0.1) is 12.7 Å². The van der Waals surface area contributed by atoms with Crippen LogP contribution in [0.5, 0.6) is 11.5 Å². The van der Waals surface area contributed by atoms with Gasteiger partial charge < -0.3 is 14.8 Å². The summed E-state index contributed by atoms with van der Waals surface area (Å²) in [6.45, 7) is 3.37. The maximum absolute atomic E-state index is 13.3. The second kappa shape index (κ2) is 8.19. The number of amides is 1. The molecule has 3 rings (SSSR count). The summed E-state index contributed by atoms with van der Waals surface area (Å²) in [5.41, 5.74) is 1.45. The van der Waals surface area contributed by atoms with Gasteiger partial charge in [0.2, 0.25) is 5.91 Å². The molecule has 0 bridgehead atoms. The molecule has 2 aromatic rings. The monoisotopic (exact) mass is 358 g/mol. The second-order valence-electron chi connectivity index (χ2n) is 6.55. The molecule has 0 radical (unpaired) electrons. The summed E-state index contributed by atoms with van der Waals surface area (Å²) in [4.78, 5) is 14.0. The van der Waals surface area contributed by atoms with Crippen LogP contribution in [0.3, 0.4) is 0 Å². The first-order chi connectivity index (χ1) is 12.5. The molecule has 138 valence electrons. The van der Waals surface area contributed by atoms with E-state index in [1.54, 1.807) is 19.1 Å². The fraction of sp³-hybridized carbons (Fsp3) is 0.350. The first kappa shape index (κ1) is 18.2. The van der Waals surface area contributed by atoms with E-state index in [0.717, 1.165) is 17.1 Å². The zero-order valence-corrected chi connectivity index (χ0v) is 15.0. The molecule has 0 spiro atoms. The lowest BCUT2D eigenvalue weighted by Gasteiger charge is -2.29. The number of benzene rings is 2. The minimum absolute atomic E-state index is 0.0911. The molecule has 0 saturated heterocycles. The van der Waals surface area contributed by atoms with Crippen LogP contribution in [-0.4, -0.2) is 43.7 Å². The molecule has 2 aromatic carbocycles. The van der Waals surface area contributed by atoms with E-state index in [9.17, 15) is 9.18 Å². The molecule has 0 aromatic heterocycles. The third-order valence-electron chi connectivity index (χ3n) is 4.21. The van der Waals surface area contributed by atoms with Gasteiger partial charge in [-0.05, 0) is 43.3 Å². The van der Waals surface area contributed by atoms with Gasteiger partial charge in [0.15, 0.2) is 11.5 Å². The Kier molecular flexibility index (Phi) is 5.73. The third-order valence-corrected chi connectivity index (χ3v) is 4.21. The maximum atomic E-state index is 13.3. The highest BCUT2D eigenvalue weighted by molar-refractivity contribution is 5.77. The van der Waals surface area contributed by atoms with Crippen molar-refractivity contribution in [2.24, 2.45) is 0 Å².